The van der Waals surface area contributed by atoms with Gasteiger partial charge in [0, 0.05) is 5.56 Å². The molecule has 0 saturated heterocycles. The Labute approximate surface area is 183 Å². The molecule has 0 bridgehead atoms. The van der Waals surface area contributed by atoms with E-state index in [0.717, 1.165) is 22.3 Å². The zero-order valence-electron chi connectivity index (χ0n) is 16.8. The average Bonchev–Trinajstić information content (AvgIpc) is 2.80. The lowest BCUT2D eigenvalue weighted by Crippen LogP contribution is -2.10. The molecule has 0 aliphatic rings. The van der Waals surface area contributed by atoms with E-state index in [4.69, 9.17) is 10.8 Å². The van der Waals surface area contributed by atoms with Gasteiger partial charge in [0.1, 0.15) is 11.6 Å². The number of amides is 1. The SMILES string of the molecule is NC(=O)c1cccc(-c2ccc(F)cc2)c1.O=C(O)c1cccc(-c2ccc(F)cc2)c1. The summed E-state index contributed by atoms with van der Waals surface area (Å²) in [5.74, 6) is -2.03. The van der Waals surface area contributed by atoms with Crippen LogP contribution in [0.4, 0.5) is 8.78 Å². The van der Waals surface area contributed by atoms with E-state index < -0.39 is 11.9 Å². The predicted molar refractivity (Wildman–Crippen MR) is 119 cm³/mol. The molecule has 0 aromatic heterocycles. The van der Waals surface area contributed by atoms with Gasteiger partial charge >= 0.3 is 5.97 Å². The number of nitrogens with two attached hydrogens (primary N) is 1. The van der Waals surface area contributed by atoms with Gasteiger partial charge in [-0.15, -0.1) is 0 Å². The van der Waals surface area contributed by atoms with E-state index in [1.165, 1.54) is 30.3 Å². The third-order valence-electron chi connectivity index (χ3n) is 4.61. The Morgan fingerprint density at radius 3 is 1.41 bits per heavy atom. The van der Waals surface area contributed by atoms with Gasteiger partial charge in [-0.2, -0.15) is 0 Å². The smallest absolute Gasteiger partial charge is 0.335 e. The molecule has 0 saturated carbocycles. The minimum absolute atomic E-state index is 0.224. The second-order valence-corrected chi connectivity index (χ2v) is 6.84. The van der Waals surface area contributed by atoms with Crippen molar-refractivity contribution >= 4 is 11.9 Å². The Kier molecular flexibility index (Phi) is 7.08. The van der Waals surface area contributed by atoms with Gasteiger partial charge in [0.2, 0.25) is 5.91 Å². The van der Waals surface area contributed by atoms with E-state index in [1.54, 1.807) is 60.7 Å². The molecule has 160 valence electrons. The third kappa shape index (κ3) is 5.86. The van der Waals surface area contributed by atoms with Crippen LogP contribution < -0.4 is 5.73 Å². The Hall–Kier alpha value is -4.32. The van der Waals surface area contributed by atoms with Crippen LogP contribution in [0.25, 0.3) is 22.3 Å². The summed E-state index contributed by atoms with van der Waals surface area (Å²) in [7, 11) is 0. The van der Waals surface area contributed by atoms with Gasteiger partial charge in [-0.1, -0.05) is 48.5 Å². The summed E-state index contributed by atoms with van der Waals surface area (Å²) < 4.78 is 25.5. The number of carboxylic acid groups (broad SMARTS) is 1. The fourth-order valence-electron chi connectivity index (χ4n) is 2.97. The molecule has 32 heavy (non-hydrogen) atoms. The molecule has 6 heteroatoms. The second kappa shape index (κ2) is 10.1. The maximum atomic E-state index is 12.7. The molecule has 4 aromatic rings. The normalized spacial score (nSPS) is 10.1. The van der Waals surface area contributed by atoms with E-state index in [0.29, 0.717) is 5.56 Å². The second-order valence-electron chi connectivity index (χ2n) is 6.84. The van der Waals surface area contributed by atoms with Crippen LogP contribution in [0.1, 0.15) is 20.7 Å². The van der Waals surface area contributed by atoms with E-state index in [9.17, 15) is 18.4 Å². The largest absolute Gasteiger partial charge is 0.478 e. The Morgan fingerprint density at radius 1 is 0.594 bits per heavy atom. The number of hydrogen-bond acceptors (Lipinski definition) is 2. The van der Waals surface area contributed by atoms with Crippen molar-refractivity contribution in [1.29, 1.82) is 0 Å². The lowest BCUT2D eigenvalue weighted by Gasteiger charge is -2.03. The Morgan fingerprint density at radius 2 is 1.00 bits per heavy atom. The van der Waals surface area contributed by atoms with Gasteiger partial charge < -0.3 is 10.8 Å². The van der Waals surface area contributed by atoms with E-state index in [2.05, 4.69) is 0 Å². The first kappa shape index (κ1) is 22.4. The molecular formula is C26H19F2NO3. The van der Waals surface area contributed by atoms with Gasteiger partial charge in [-0.05, 0) is 70.8 Å². The number of halogens is 2. The quantitative estimate of drug-likeness (QED) is 0.430. The number of hydrogen-bond donors (Lipinski definition) is 2. The molecule has 3 N–H and O–H groups in total. The molecule has 0 aliphatic heterocycles. The van der Waals surface area contributed by atoms with E-state index in [-0.39, 0.29) is 17.2 Å². The van der Waals surface area contributed by atoms with Crippen LogP contribution in [-0.2, 0) is 0 Å². The summed E-state index contributed by atoms with van der Waals surface area (Å²) in [6, 6.07) is 25.5. The highest BCUT2D eigenvalue weighted by Gasteiger charge is 2.05. The Bertz CT molecular complexity index is 1140. The van der Waals surface area contributed by atoms with Gasteiger partial charge in [0.25, 0.3) is 0 Å². The first-order chi connectivity index (χ1) is 15.3. The monoisotopic (exact) mass is 431 g/mol. The molecule has 0 aliphatic carbocycles. The van der Waals surface area contributed by atoms with Crippen molar-refractivity contribution in [3.05, 3.63) is 120 Å². The highest BCUT2D eigenvalue weighted by molar-refractivity contribution is 5.94. The number of primary amides is 1. The van der Waals surface area contributed by atoms with Crippen molar-refractivity contribution in [3.63, 3.8) is 0 Å². The topological polar surface area (TPSA) is 80.4 Å². The average molecular weight is 431 g/mol. The number of carbonyl (C=O) groups excluding carboxylic acids is 1. The number of carbonyl (C=O) groups is 2. The predicted octanol–water partition coefficient (Wildman–Crippen LogP) is 5.78. The summed E-state index contributed by atoms with van der Waals surface area (Å²) in [6.07, 6.45) is 0. The molecular weight excluding hydrogens is 412 g/mol. The first-order valence-corrected chi connectivity index (χ1v) is 9.58. The van der Waals surface area contributed by atoms with Gasteiger partial charge in [0.05, 0.1) is 5.56 Å². The number of rotatable bonds is 4. The summed E-state index contributed by atoms with van der Waals surface area (Å²) in [4.78, 5) is 21.8. The van der Waals surface area contributed by atoms with Crippen molar-refractivity contribution in [2.45, 2.75) is 0 Å². The molecule has 4 rings (SSSR count). The molecule has 4 aromatic carbocycles. The van der Waals surface area contributed by atoms with Gasteiger partial charge in [0.15, 0.2) is 0 Å². The van der Waals surface area contributed by atoms with Crippen molar-refractivity contribution < 1.29 is 23.5 Å². The molecule has 0 spiro atoms. The summed E-state index contributed by atoms with van der Waals surface area (Å²) in [6.45, 7) is 0. The van der Waals surface area contributed by atoms with Crippen LogP contribution in [-0.4, -0.2) is 17.0 Å². The van der Waals surface area contributed by atoms with Crippen LogP contribution in [0, 0.1) is 11.6 Å². The van der Waals surface area contributed by atoms with E-state index >= 15 is 0 Å². The molecule has 0 radical (unpaired) electrons. The maximum Gasteiger partial charge on any atom is 0.335 e. The van der Waals surface area contributed by atoms with Crippen molar-refractivity contribution in [3.8, 4) is 22.3 Å². The van der Waals surface area contributed by atoms with Crippen LogP contribution in [0.3, 0.4) is 0 Å². The zero-order valence-corrected chi connectivity index (χ0v) is 16.8. The zero-order chi connectivity index (χ0) is 23.1. The van der Waals surface area contributed by atoms with Crippen molar-refractivity contribution in [2.24, 2.45) is 5.73 Å². The molecule has 4 nitrogen and oxygen atoms in total. The van der Waals surface area contributed by atoms with Crippen LogP contribution in [0.5, 0.6) is 0 Å². The minimum Gasteiger partial charge on any atom is -0.478 e. The minimum atomic E-state index is -0.969. The molecule has 0 unspecified atom stereocenters. The first-order valence-electron chi connectivity index (χ1n) is 9.58. The summed E-state index contributed by atoms with van der Waals surface area (Å²) >= 11 is 0. The lowest BCUT2D eigenvalue weighted by atomic mass is 10.0. The fraction of sp³-hybridized carbons (Fsp3) is 0. The van der Waals surface area contributed by atoms with Gasteiger partial charge in [-0.25, -0.2) is 13.6 Å². The van der Waals surface area contributed by atoms with Crippen LogP contribution in [0.2, 0.25) is 0 Å². The Balaban J connectivity index is 0.000000181. The van der Waals surface area contributed by atoms with Crippen LogP contribution in [0.15, 0.2) is 97.1 Å². The lowest BCUT2D eigenvalue weighted by molar-refractivity contribution is 0.0696. The summed E-state index contributed by atoms with van der Waals surface area (Å²) in [5.41, 5.74) is 9.11. The van der Waals surface area contributed by atoms with Crippen molar-refractivity contribution in [1.82, 2.24) is 0 Å². The molecule has 1 amide bonds. The van der Waals surface area contributed by atoms with Crippen molar-refractivity contribution in [2.75, 3.05) is 0 Å². The number of aromatic carboxylic acids is 1. The molecule has 0 fully saturated rings. The third-order valence-corrected chi connectivity index (χ3v) is 4.61. The molecule has 0 heterocycles. The summed E-state index contributed by atoms with van der Waals surface area (Å²) in [5, 5.41) is 8.84. The highest BCUT2D eigenvalue weighted by Crippen LogP contribution is 2.21. The maximum absolute atomic E-state index is 12.7. The van der Waals surface area contributed by atoms with Gasteiger partial charge in [-0.3, -0.25) is 4.79 Å². The number of benzene rings is 4. The number of carboxylic acids is 1. The fourth-order valence-corrected chi connectivity index (χ4v) is 2.97. The standard InChI is InChI=1S/C13H10FNO.C13H9FO2/c2*14-12-6-4-9(5-7-12)10-2-1-3-11(8-10)13(15)16/h1-8H,(H2,15,16);1-8H,(H,15,16). The van der Waals surface area contributed by atoms with E-state index in [1.807, 2.05) is 6.07 Å². The van der Waals surface area contributed by atoms with Crippen LogP contribution >= 0.6 is 0 Å². The highest BCUT2D eigenvalue weighted by atomic mass is 19.1. The molecule has 0 atom stereocenters.